The van der Waals surface area contributed by atoms with Gasteiger partial charge in [0.15, 0.2) is 0 Å². The van der Waals surface area contributed by atoms with Crippen LogP contribution in [0.3, 0.4) is 0 Å². The van der Waals surface area contributed by atoms with E-state index in [0.717, 1.165) is 24.2 Å². The summed E-state index contributed by atoms with van der Waals surface area (Å²) < 4.78 is 15.2. The Kier molecular flexibility index (Phi) is 5.46. The van der Waals surface area contributed by atoms with Gasteiger partial charge in [-0.15, -0.1) is 0 Å². The Morgan fingerprint density at radius 2 is 1.82 bits per heavy atom. The highest BCUT2D eigenvalue weighted by Crippen LogP contribution is 2.32. The van der Waals surface area contributed by atoms with Gasteiger partial charge in [0, 0.05) is 36.5 Å². The normalized spacial score (nSPS) is 16.6. The number of rotatable bonds is 5. The Balaban J connectivity index is 1.48. The van der Waals surface area contributed by atoms with Gasteiger partial charge in [-0.2, -0.15) is 0 Å². The monoisotopic (exact) mass is 397 g/mol. The standard InChI is InChI=1S/C22H21ClFN3O/c23-18-7-5-17(6-8-18)22-20-2-1-11-26(20)12-13-27(22)15-21(28)25-14-16-3-9-19(24)10-4-16/h1-11,22H,12-15H2,(H,25,28). The fourth-order valence-corrected chi connectivity index (χ4v) is 3.80. The van der Waals surface area contributed by atoms with Gasteiger partial charge in [-0.25, -0.2) is 4.39 Å². The molecule has 2 aromatic carbocycles. The van der Waals surface area contributed by atoms with Gasteiger partial charge in [-0.1, -0.05) is 35.9 Å². The van der Waals surface area contributed by atoms with Crippen molar-refractivity contribution in [2.75, 3.05) is 13.1 Å². The third kappa shape index (κ3) is 4.11. The van der Waals surface area contributed by atoms with Crippen LogP contribution < -0.4 is 5.32 Å². The van der Waals surface area contributed by atoms with Crippen LogP contribution in [0.5, 0.6) is 0 Å². The molecule has 144 valence electrons. The number of carbonyl (C=O) groups is 1. The van der Waals surface area contributed by atoms with E-state index in [-0.39, 0.29) is 17.8 Å². The number of hydrogen-bond acceptors (Lipinski definition) is 2. The number of halogens is 2. The van der Waals surface area contributed by atoms with Crippen molar-refractivity contribution in [2.24, 2.45) is 0 Å². The molecule has 2 heterocycles. The molecule has 0 spiro atoms. The summed E-state index contributed by atoms with van der Waals surface area (Å²) in [7, 11) is 0. The molecule has 0 saturated carbocycles. The van der Waals surface area contributed by atoms with Crippen molar-refractivity contribution in [3.05, 3.63) is 94.5 Å². The van der Waals surface area contributed by atoms with Crippen molar-refractivity contribution >= 4 is 17.5 Å². The zero-order valence-electron chi connectivity index (χ0n) is 15.3. The molecule has 3 aromatic rings. The van der Waals surface area contributed by atoms with E-state index < -0.39 is 0 Å². The SMILES string of the molecule is O=C(CN1CCn2cccc2C1c1ccc(Cl)cc1)NCc1ccc(F)cc1. The van der Waals surface area contributed by atoms with Crippen molar-refractivity contribution in [2.45, 2.75) is 19.1 Å². The Morgan fingerprint density at radius 1 is 1.07 bits per heavy atom. The van der Waals surface area contributed by atoms with E-state index in [1.165, 1.54) is 17.8 Å². The molecule has 4 nitrogen and oxygen atoms in total. The van der Waals surface area contributed by atoms with Crippen LogP contribution in [-0.4, -0.2) is 28.5 Å². The summed E-state index contributed by atoms with van der Waals surface area (Å²) >= 11 is 6.05. The van der Waals surface area contributed by atoms with Gasteiger partial charge >= 0.3 is 0 Å². The summed E-state index contributed by atoms with van der Waals surface area (Å²) in [6.45, 7) is 2.30. The minimum Gasteiger partial charge on any atom is -0.351 e. The number of nitrogens with one attached hydrogen (secondary N) is 1. The molecule has 0 saturated heterocycles. The maximum absolute atomic E-state index is 13.0. The highest BCUT2D eigenvalue weighted by atomic mass is 35.5. The molecule has 1 N–H and O–H groups in total. The number of benzene rings is 2. The van der Waals surface area contributed by atoms with E-state index in [9.17, 15) is 9.18 Å². The van der Waals surface area contributed by atoms with Crippen LogP contribution in [-0.2, 0) is 17.9 Å². The van der Waals surface area contributed by atoms with Crippen molar-refractivity contribution in [1.82, 2.24) is 14.8 Å². The maximum Gasteiger partial charge on any atom is 0.234 e. The second-order valence-corrected chi connectivity index (χ2v) is 7.39. The van der Waals surface area contributed by atoms with Crippen LogP contribution in [0.4, 0.5) is 4.39 Å². The zero-order valence-corrected chi connectivity index (χ0v) is 16.1. The molecule has 1 unspecified atom stereocenters. The molecule has 6 heteroatoms. The van der Waals surface area contributed by atoms with Gasteiger partial charge < -0.3 is 9.88 Å². The predicted octanol–water partition coefficient (Wildman–Crippen LogP) is 4.00. The van der Waals surface area contributed by atoms with Crippen molar-refractivity contribution in [3.8, 4) is 0 Å². The first-order chi connectivity index (χ1) is 13.6. The predicted molar refractivity (Wildman–Crippen MR) is 108 cm³/mol. The second-order valence-electron chi connectivity index (χ2n) is 6.95. The minimum absolute atomic E-state index is 0.00223. The average molecular weight is 398 g/mol. The smallest absolute Gasteiger partial charge is 0.234 e. The van der Waals surface area contributed by atoms with Gasteiger partial charge in [-0.3, -0.25) is 9.69 Å². The summed E-state index contributed by atoms with van der Waals surface area (Å²) in [6.07, 6.45) is 2.07. The van der Waals surface area contributed by atoms with E-state index >= 15 is 0 Å². The fourth-order valence-electron chi connectivity index (χ4n) is 3.67. The van der Waals surface area contributed by atoms with E-state index in [4.69, 9.17) is 11.6 Å². The van der Waals surface area contributed by atoms with Crippen LogP contribution in [0.25, 0.3) is 0 Å². The lowest BCUT2D eigenvalue weighted by Gasteiger charge is -2.37. The van der Waals surface area contributed by atoms with E-state index in [1.807, 2.05) is 30.3 Å². The molecule has 1 aliphatic rings. The number of hydrogen-bond donors (Lipinski definition) is 1. The van der Waals surface area contributed by atoms with Crippen molar-refractivity contribution < 1.29 is 9.18 Å². The van der Waals surface area contributed by atoms with E-state index in [0.29, 0.717) is 18.1 Å². The van der Waals surface area contributed by atoms with Gasteiger partial charge in [0.25, 0.3) is 0 Å². The highest BCUT2D eigenvalue weighted by Gasteiger charge is 2.29. The topological polar surface area (TPSA) is 37.3 Å². The van der Waals surface area contributed by atoms with E-state index in [2.05, 4.69) is 27.0 Å². The second kappa shape index (κ2) is 8.17. The van der Waals surface area contributed by atoms with Crippen LogP contribution in [0.1, 0.15) is 22.9 Å². The molecule has 0 bridgehead atoms. The lowest BCUT2D eigenvalue weighted by molar-refractivity contribution is -0.123. The van der Waals surface area contributed by atoms with Crippen LogP contribution in [0, 0.1) is 5.82 Å². The van der Waals surface area contributed by atoms with Crippen LogP contribution in [0.2, 0.25) is 5.02 Å². The molecule has 28 heavy (non-hydrogen) atoms. The first kappa shape index (κ1) is 18.7. The maximum atomic E-state index is 13.0. The van der Waals surface area contributed by atoms with Crippen molar-refractivity contribution in [1.29, 1.82) is 0 Å². The Bertz CT molecular complexity index is 953. The zero-order chi connectivity index (χ0) is 19.5. The van der Waals surface area contributed by atoms with Crippen molar-refractivity contribution in [3.63, 3.8) is 0 Å². The number of amides is 1. The lowest BCUT2D eigenvalue weighted by Crippen LogP contribution is -2.44. The Hall–Kier alpha value is -2.63. The summed E-state index contributed by atoms with van der Waals surface area (Å²) in [4.78, 5) is 14.8. The average Bonchev–Trinajstić information content (AvgIpc) is 3.17. The molecular formula is C22H21ClFN3O. The molecule has 1 amide bonds. The summed E-state index contributed by atoms with van der Waals surface area (Å²) in [6, 6.07) is 18.1. The third-order valence-corrected chi connectivity index (χ3v) is 5.33. The number of carbonyl (C=O) groups excluding carboxylic acids is 1. The fraction of sp³-hybridized carbons (Fsp3) is 0.227. The number of fused-ring (bicyclic) bond motifs is 1. The minimum atomic E-state index is -0.280. The quantitative estimate of drug-likeness (QED) is 0.706. The molecule has 0 radical (unpaired) electrons. The summed E-state index contributed by atoms with van der Waals surface area (Å²) in [5, 5.41) is 3.63. The highest BCUT2D eigenvalue weighted by molar-refractivity contribution is 6.30. The largest absolute Gasteiger partial charge is 0.351 e. The summed E-state index contributed by atoms with van der Waals surface area (Å²) in [5.41, 5.74) is 3.15. The molecule has 1 aromatic heterocycles. The molecule has 1 atom stereocenters. The first-order valence-electron chi connectivity index (χ1n) is 9.26. The van der Waals surface area contributed by atoms with E-state index in [1.54, 1.807) is 12.1 Å². The lowest BCUT2D eigenvalue weighted by atomic mass is 10.00. The first-order valence-corrected chi connectivity index (χ1v) is 9.63. The Labute approximate surface area is 168 Å². The molecular weight excluding hydrogens is 377 g/mol. The van der Waals surface area contributed by atoms with Gasteiger partial charge in [0.1, 0.15) is 5.82 Å². The molecule has 0 aliphatic carbocycles. The van der Waals surface area contributed by atoms with Gasteiger partial charge in [0.05, 0.1) is 12.6 Å². The molecule has 0 fully saturated rings. The Morgan fingerprint density at radius 3 is 2.57 bits per heavy atom. The number of aromatic nitrogens is 1. The molecule has 4 rings (SSSR count). The van der Waals surface area contributed by atoms with Crippen LogP contribution in [0.15, 0.2) is 66.9 Å². The van der Waals surface area contributed by atoms with Gasteiger partial charge in [0.2, 0.25) is 5.91 Å². The van der Waals surface area contributed by atoms with Gasteiger partial charge in [-0.05, 0) is 47.5 Å². The summed E-state index contributed by atoms with van der Waals surface area (Å²) in [5.74, 6) is -0.333. The molecule has 1 aliphatic heterocycles. The third-order valence-electron chi connectivity index (χ3n) is 5.07. The number of nitrogens with zero attached hydrogens (tertiary/aromatic N) is 2. The van der Waals surface area contributed by atoms with Crippen LogP contribution >= 0.6 is 11.6 Å².